The van der Waals surface area contributed by atoms with E-state index in [-0.39, 0.29) is 11.6 Å². The van der Waals surface area contributed by atoms with Crippen LogP contribution in [0.15, 0.2) is 42.5 Å². The Morgan fingerprint density at radius 1 is 0.786 bits per heavy atom. The maximum Gasteiger partial charge on any atom is 0.254 e. The Balaban J connectivity index is 1.24. The molecule has 10 heteroatoms. The van der Waals surface area contributed by atoms with Gasteiger partial charge in [-0.05, 0) is 48.7 Å². The number of rotatable bonds is 5. The van der Waals surface area contributed by atoms with E-state index < -0.39 is 23.0 Å². The quantitative estimate of drug-likeness (QED) is 0.411. The molecule has 2 fully saturated rings. The van der Waals surface area contributed by atoms with Gasteiger partial charge in [-0.25, -0.2) is 13.2 Å². The van der Waals surface area contributed by atoms with Gasteiger partial charge in [0.15, 0.2) is 17.5 Å². The van der Waals surface area contributed by atoms with Gasteiger partial charge in [0.25, 0.3) is 5.91 Å². The highest BCUT2D eigenvalue weighted by Crippen LogP contribution is 2.29. The van der Waals surface area contributed by atoms with Crippen LogP contribution in [-0.4, -0.2) is 68.1 Å². The summed E-state index contributed by atoms with van der Waals surface area (Å²) in [7, 11) is 0. The van der Waals surface area contributed by atoms with E-state index in [2.05, 4.69) is 15.9 Å². The molecule has 3 aromatic carbocycles. The predicted molar refractivity (Wildman–Crippen MR) is 154 cm³/mol. The van der Waals surface area contributed by atoms with Crippen LogP contribution in [0.1, 0.15) is 38.2 Å². The van der Waals surface area contributed by atoms with Gasteiger partial charge >= 0.3 is 0 Å². The maximum absolute atomic E-state index is 14.2. The van der Waals surface area contributed by atoms with E-state index in [0.29, 0.717) is 70.0 Å². The van der Waals surface area contributed by atoms with E-state index in [9.17, 15) is 28.5 Å². The van der Waals surface area contributed by atoms with Gasteiger partial charge in [0.05, 0.1) is 16.9 Å². The summed E-state index contributed by atoms with van der Waals surface area (Å²) in [5.74, 6) is -4.43. The van der Waals surface area contributed by atoms with Crippen molar-refractivity contribution in [1.29, 1.82) is 10.5 Å². The lowest BCUT2D eigenvalue weighted by atomic mass is 9.98. The Bertz CT molecular complexity index is 1600. The Hall–Kier alpha value is -4.54. The summed E-state index contributed by atoms with van der Waals surface area (Å²) in [6, 6.07) is 16.3. The average molecular weight is 573 g/mol. The molecule has 216 valence electrons. The van der Waals surface area contributed by atoms with Crippen LogP contribution < -0.4 is 9.80 Å². The standard InChI is InChI=1S/C32H31F3N6O/c1-21-15-22(2)25(32(42)41-13-11-39(12-14-41)28-6-4-3-5-23(28)18-36)16-24(21)20-38-7-9-40(10-8-38)29-17-27(33)31(35)30(34)26(29)19-37/h3-6,15-17H,7-14,20H2,1-2H3. The number of carbonyl (C=O) groups excluding carboxylic acids is 1. The van der Waals surface area contributed by atoms with Crippen LogP contribution in [-0.2, 0) is 6.54 Å². The Morgan fingerprint density at radius 2 is 1.43 bits per heavy atom. The maximum atomic E-state index is 14.2. The molecular weight excluding hydrogens is 541 g/mol. The SMILES string of the molecule is Cc1cc(C)c(C(=O)N2CCN(c3ccccc3C#N)CC2)cc1CN1CCN(c2cc(F)c(F)c(F)c2C#N)CC1. The van der Waals surface area contributed by atoms with Crippen LogP contribution in [0.25, 0.3) is 0 Å². The van der Waals surface area contributed by atoms with E-state index in [1.54, 1.807) is 17.0 Å². The smallest absolute Gasteiger partial charge is 0.254 e. The lowest BCUT2D eigenvalue weighted by Gasteiger charge is -2.37. The largest absolute Gasteiger partial charge is 0.368 e. The summed E-state index contributed by atoms with van der Waals surface area (Å²) >= 11 is 0. The highest BCUT2D eigenvalue weighted by atomic mass is 19.2. The molecule has 0 unspecified atom stereocenters. The van der Waals surface area contributed by atoms with Gasteiger partial charge < -0.3 is 14.7 Å². The first-order valence-corrected chi connectivity index (χ1v) is 13.9. The van der Waals surface area contributed by atoms with Gasteiger partial charge in [-0.3, -0.25) is 9.69 Å². The van der Waals surface area contributed by atoms with Gasteiger partial charge in [-0.2, -0.15) is 10.5 Å². The third-order valence-electron chi connectivity index (χ3n) is 8.21. The molecule has 2 aliphatic heterocycles. The second-order valence-electron chi connectivity index (χ2n) is 10.8. The molecule has 0 radical (unpaired) electrons. The lowest BCUT2D eigenvalue weighted by Crippen LogP contribution is -2.49. The third-order valence-corrected chi connectivity index (χ3v) is 8.21. The van der Waals surface area contributed by atoms with Gasteiger partial charge in [0, 0.05) is 70.5 Å². The number of anilines is 2. The molecule has 0 bridgehead atoms. The summed E-state index contributed by atoms with van der Waals surface area (Å²) in [4.78, 5) is 21.5. The van der Waals surface area contributed by atoms with Crippen molar-refractivity contribution in [1.82, 2.24) is 9.80 Å². The fraction of sp³-hybridized carbons (Fsp3) is 0.344. The Kier molecular flexibility index (Phi) is 8.37. The van der Waals surface area contributed by atoms with Crippen LogP contribution in [0.3, 0.4) is 0 Å². The van der Waals surface area contributed by atoms with Crippen molar-refractivity contribution in [3.63, 3.8) is 0 Å². The Morgan fingerprint density at radius 3 is 2.10 bits per heavy atom. The van der Waals surface area contributed by atoms with E-state index >= 15 is 0 Å². The number of aryl methyl sites for hydroxylation is 2. The third kappa shape index (κ3) is 5.63. The van der Waals surface area contributed by atoms with Crippen LogP contribution in [0.4, 0.5) is 24.5 Å². The molecule has 0 aromatic heterocycles. The number of nitriles is 2. The fourth-order valence-corrected chi connectivity index (χ4v) is 5.79. The molecule has 1 amide bonds. The fourth-order valence-electron chi connectivity index (χ4n) is 5.79. The summed E-state index contributed by atoms with van der Waals surface area (Å²) in [6.45, 7) is 8.89. The molecule has 42 heavy (non-hydrogen) atoms. The zero-order chi connectivity index (χ0) is 30.0. The number of benzene rings is 3. The minimum absolute atomic E-state index is 0.0174. The molecule has 0 aliphatic carbocycles. The molecular formula is C32H31F3N6O. The van der Waals surface area contributed by atoms with Crippen molar-refractivity contribution >= 4 is 17.3 Å². The number of amides is 1. The minimum atomic E-state index is -1.64. The van der Waals surface area contributed by atoms with Crippen LogP contribution in [0.5, 0.6) is 0 Å². The summed E-state index contributed by atoms with van der Waals surface area (Å²) < 4.78 is 41.7. The molecule has 2 aliphatic rings. The normalized spacial score (nSPS) is 15.8. The van der Waals surface area contributed by atoms with Gasteiger partial charge in [-0.1, -0.05) is 18.2 Å². The first-order chi connectivity index (χ1) is 20.2. The minimum Gasteiger partial charge on any atom is -0.368 e. The number of para-hydroxylation sites is 1. The number of halogens is 3. The predicted octanol–water partition coefficient (Wildman–Crippen LogP) is 4.75. The lowest BCUT2D eigenvalue weighted by molar-refractivity contribution is 0.0746. The Labute approximate surface area is 243 Å². The molecule has 0 atom stereocenters. The van der Waals surface area contributed by atoms with Gasteiger partial charge in [-0.15, -0.1) is 0 Å². The molecule has 0 N–H and O–H groups in total. The highest BCUT2D eigenvalue weighted by molar-refractivity contribution is 5.96. The second-order valence-corrected chi connectivity index (χ2v) is 10.8. The number of piperazine rings is 2. The van der Waals surface area contributed by atoms with Crippen LogP contribution in [0, 0.1) is 54.0 Å². The van der Waals surface area contributed by atoms with E-state index in [4.69, 9.17) is 0 Å². The molecule has 3 aromatic rings. The molecule has 0 spiro atoms. The molecule has 2 heterocycles. The number of hydrogen-bond acceptors (Lipinski definition) is 6. The molecule has 2 saturated heterocycles. The first kappa shape index (κ1) is 29.0. The van der Waals surface area contributed by atoms with Crippen molar-refractivity contribution in [3.05, 3.63) is 93.3 Å². The van der Waals surface area contributed by atoms with Crippen molar-refractivity contribution in [2.24, 2.45) is 0 Å². The van der Waals surface area contributed by atoms with E-state index in [1.165, 1.54) is 0 Å². The zero-order valence-corrected chi connectivity index (χ0v) is 23.6. The van der Waals surface area contributed by atoms with Crippen LogP contribution >= 0.6 is 0 Å². The van der Waals surface area contributed by atoms with E-state index in [1.807, 2.05) is 49.1 Å². The second kappa shape index (κ2) is 12.1. The average Bonchev–Trinajstić information content (AvgIpc) is 3.01. The number of carbonyl (C=O) groups is 1. The molecule has 5 rings (SSSR count). The molecule has 0 saturated carbocycles. The van der Waals surface area contributed by atoms with E-state index in [0.717, 1.165) is 28.4 Å². The number of hydrogen-bond donors (Lipinski definition) is 0. The van der Waals surface area contributed by atoms with Crippen molar-refractivity contribution in [3.8, 4) is 12.1 Å². The van der Waals surface area contributed by atoms with Crippen LogP contribution in [0.2, 0.25) is 0 Å². The van der Waals surface area contributed by atoms with Gasteiger partial charge in [0.1, 0.15) is 17.7 Å². The summed E-state index contributed by atoms with van der Waals surface area (Å²) in [6.07, 6.45) is 0. The van der Waals surface area contributed by atoms with Crippen molar-refractivity contribution < 1.29 is 18.0 Å². The van der Waals surface area contributed by atoms with Crippen molar-refractivity contribution in [2.45, 2.75) is 20.4 Å². The summed E-state index contributed by atoms with van der Waals surface area (Å²) in [5, 5.41) is 18.8. The topological polar surface area (TPSA) is 77.6 Å². The zero-order valence-electron chi connectivity index (χ0n) is 23.6. The van der Waals surface area contributed by atoms with Gasteiger partial charge in [0.2, 0.25) is 0 Å². The first-order valence-electron chi connectivity index (χ1n) is 13.9. The highest BCUT2D eigenvalue weighted by Gasteiger charge is 2.27. The monoisotopic (exact) mass is 572 g/mol. The van der Waals surface area contributed by atoms with Crippen molar-refractivity contribution in [2.75, 3.05) is 62.2 Å². The molecule has 7 nitrogen and oxygen atoms in total. The number of nitrogens with zero attached hydrogens (tertiary/aromatic N) is 6. The summed E-state index contributed by atoms with van der Waals surface area (Å²) in [5.41, 5.74) is 4.75.